The fourth-order valence-corrected chi connectivity index (χ4v) is 5.10. The Labute approximate surface area is 149 Å². The maximum absolute atomic E-state index is 12.0. The summed E-state index contributed by atoms with van der Waals surface area (Å²) in [7, 11) is -3.06. The van der Waals surface area contributed by atoms with Crippen LogP contribution in [0.25, 0.3) is 0 Å². The lowest BCUT2D eigenvalue weighted by Crippen LogP contribution is -2.29. The van der Waals surface area contributed by atoms with Gasteiger partial charge in [-0.15, -0.1) is 0 Å². The quantitative estimate of drug-likeness (QED) is 0.655. The highest BCUT2D eigenvalue weighted by molar-refractivity contribution is 7.91. The predicted molar refractivity (Wildman–Crippen MR) is 99.6 cm³/mol. The molecule has 2 saturated heterocycles. The molecule has 1 amide bonds. The van der Waals surface area contributed by atoms with Gasteiger partial charge in [-0.1, -0.05) is 12.1 Å². The molecule has 0 aliphatic carbocycles. The van der Waals surface area contributed by atoms with Crippen molar-refractivity contribution in [2.75, 3.05) is 29.5 Å². The van der Waals surface area contributed by atoms with Crippen LogP contribution in [0.1, 0.15) is 38.2 Å². The normalized spacial score (nSPS) is 23.5. The molecule has 2 aliphatic rings. The van der Waals surface area contributed by atoms with Gasteiger partial charge in [0.2, 0.25) is 5.91 Å². The van der Waals surface area contributed by atoms with Crippen molar-refractivity contribution < 1.29 is 13.2 Å². The Morgan fingerprint density at radius 2 is 1.84 bits per heavy atom. The van der Waals surface area contributed by atoms with Crippen molar-refractivity contribution in [3.8, 4) is 0 Å². The van der Waals surface area contributed by atoms with Crippen LogP contribution >= 0.6 is 0 Å². The number of nitrogens with one attached hydrogen (secondary N) is 1. The average Bonchev–Trinajstić information content (AvgIpc) is 3.00. The lowest BCUT2D eigenvalue weighted by atomic mass is 10.1. The fraction of sp³-hybridized carbons (Fsp3) is 0.556. The molecule has 1 aromatic rings. The van der Waals surface area contributed by atoms with E-state index in [0.717, 1.165) is 18.7 Å². The summed E-state index contributed by atoms with van der Waals surface area (Å²) in [6.07, 6.45) is 4.17. The Kier molecular flexibility index (Phi) is 5.42. The SMILES string of the molecule is C/C(=N/NC(=O)[C@@H]1CCS(=O)(=O)C1)c1ccc(N2CCCCC2)cc1. The highest BCUT2D eigenvalue weighted by Gasteiger charge is 2.32. The molecular formula is C18H25N3O3S. The van der Waals surface area contributed by atoms with Crippen molar-refractivity contribution in [2.45, 2.75) is 32.6 Å². The van der Waals surface area contributed by atoms with E-state index in [1.165, 1.54) is 24.9 Å². The number of anilines is 1. The first kappa shape index (κ1) is 17.9. The standard InChI is InChI=1S/C18H25N3O3S/c1-14(19-20-18(22)16-9-12-25(23,24)13-16)15-5-7-17(8-6-15)21-10-3-2-4-11-21/h5-8,16H,2-4,9-13H2,1H3,(H,20,22)/b19-14-/t16-/m1/s1. The molecule has 2 aliphatic heterocycles. The first-order valence-electron chi connectivity index (χ1n) is 8.84. The van der Waals surface area contributed by atoms with Gasteiger partial charge in [0.05, 0.1) is 23.1 Å². The summed E-state index contributed by atoms with van der Waals surface area (Å²) in [6, 6.07) is 8.19. The van der Waals surface area contributed by atoms with E-state index in [4.69, 9.17) is 0 Å². The summed E-state index contributed by atoms with van der Waals surface area (Å²) in [4.78, 5) is 14.4. The zero-order chi connectivity index (χ0) is 17.9. The molecule has 0 saturated carbocycles. The van der Waals surface area contributed by atoms with Crippen LogP contribution in [0.2, 0.25) is 0 Å². The summed E-state index contributed by atoms with van der Waals surface area (Å²) >= 11 is 0. The largest absolute Gasteiger partial charge is 0.372 e. The molecule has 0 spiro atoms. The van der Waals surface area contributed by atoms with E-state index in [0.29, 0.717) is 12.1 Å². The smallest absolute Gasteiger partial charge is 0.244 e. The topological polar surface area (TPSA) is 78.8 Å². The molecule has 3 rings (SSSR count). The summed E-state index contributed by atoms with van der Waals surface area (Å²) in [6.45, 7) is 4.04. The third-order valence-electron chi connectivity index (χ3n) is 4.94. The van der Waals surface area contributed by atoms with E-state index in [1.807, 2.05) is 19.1 Å². The number of sulfone groups is 1. The molecule has 2 heterocycles. The van der Waals surface area contributed by atoms with E-state index >= 15 is 0 Å². The van der Waals surface area contributed by atoms with Crippen LogP contribution in [0.4, 0.5) is 5.69 Å². The highest BCUT2D eigenvalue weighted by Crippen LogP contribution is 2.21. The summed E-state index contributed by atoms with van der Waals surface area (Å²) in [5.74, 6) is -0.780. The van der Waals surface area contributed by atoms with Crippen LogP contribution in [-0.2, 0) is 14.6 Å². The number of benzene rings is 1. The number of rotatable bonds is 4. The second-order valence-electron chi connectivity index (χ2n) is 6.87. The monoisotopic (exact) mass is 363 g/mol. The van der Waals surface area contributed by atoms with Crippen LogP contribution in [-0.4, -0.2) is 44.6 Å². The first-order chi connectivity index (χ1) is 11.9. The van der Waals surface area contributed by atoms with Crippen LogP contribution < -0.4 is 10.3 Å². The van der Waals surface area contributed by atoms with Gasteiger partial charge in [-0.25, -0.2) is 13.8 Å². The van der Waals surface area contributed by atoms with E-state index in [-0.39, 0.29) is 17.4 Å². The second kappa shape index (κ2) is 7.56. The molecule has 136 valence electrons. The minimum Gasteiger partial charge on any atom is -0.372 e. The van der Waals surface area contributed by atoms with Crippen molar-refractivity contribution in [1.82, 2.24) is 5.43 Å². The van der Waals surface area contributed by atoms with Gasteiger partial charge in [-0.3, -0.25) is 4.79 Å². The predicted octanol–water partition coefficient (Wildman–Crippen LogP) is 1.95. The van der Waals surface area contributed by atoms with E-state index in [1.54, 1.807) is 0 Å². The van der Waals surface area contributed by atoms with Crippen LogP contribution in [0.3, 0.4) is 0 Å². The Balaban J connectivity index is 1.59. The molecule has 1 atom stereocenters. The number of carbonyl (C=O) groups is 1. The number of carbonyl (C=O) groups excluding carboxylic acids is 1. The molecule has 0 bridgehead atoms. The molecule has 0 aromatic heterocycles. The number of hydrazone groups is 1. The second-order valence-corrected chi connectivity index (χ2v) is 9.10. The molecule has 0 unspecified atom stereocenters. The zero-order valence-electron chi connectivity index (χ0n) is 14.6. The van der Waals surface area contributed by atoms with Gasteiger partial charge < -0.3 is 4.90 Å². The van der Waals surface area contributed by atoms with Gasteiger partial charge in [0.15, 0.2) is 9.84 Å². The van der Waals surface area contributed by atoms with Gasteiger partial charge in [0.25, 0.3) is 0 Å². The summed E-state index contributed by atoms with van der Waals surface area (Å²) in [5.41, 5.74) is 5.38. The molecule has 2 fully saturated rings. The summed E-state index contributed by atoms with van der Waals surface area (Å²) in [5, 5.41) is 4.14. The highest BCUT2D eigenvalue weighted by atomic mass is 32.2. The maximum Gasteiger partial charge on any atom is 0.244 e. The summed E-state index contributed by atoms with van der Waals surface area (Å²) < 4.78 is 22.9. The van der Waals surface area contributed by atoms with E-state index in [9.17, 15) is 13.2 Å². The number of nitrogens with zero attached hydrogens (tertiary/aromatic N) is 2. The van der Waals surface area contributed by atoms with Crippen LogP contribution in [0.15, 0.2) is 29.4 Å². The molecule has 1 aromatic carbocycles. The number of hydrogen-bond donors (Lipinski definition) is 1. The van der Waals surface area contributed by atoms with Gasteiger partial charge in [0, 0.05) is 18.8 Å². The van der Waals surface area contributed by atoms with Crippen molar-refractivity contribution >= 4 is 27.1 Å². The zero-order valence-corrected chi connectivity index (χ0v) is 15.4. The minimum absolute atomic E-state index is 0.0715. The van der Waals surface area contributed by atoms with Gasteiger partial charge in [-0.05, 0) is 50.3 Å². The van der Waals surface area contributed by atoms with E-state index in [2.05, 4.69) is 27.6 Å². The van der Waals surface area contributed by atoms with Gasteiger partial charge in [0.1, 0.15) is 0 Å². The Morgan fingerprint density at radius 3 is 2.44 bits per heavy atom. The first-order valence-corrected chi connectivity index (χ1v) is 10.7. The third-order valence-corrected chi connectivity index (χ3v) is 6.71. The Bertz CT molecular complexity index is 750. The molecule has 7 heteroatoms. The van der Waals surface area contributed by atoms with Crippen molar-refractivity contribution in [3.05, 3.63) is 29.8 Å². The van der Waals surface area contributed by atoms with Gasteiger partial charge >= 0.3 is 0 Å². The average molecular weight is 363 g/mol. The van der Waals surface area contributed by atoms with Crippen molar-refractivity contribution in [2.24, 2.45) is 11.0 Å². The minimum atomic E-state index is -3.06. The Morgan fingerprint density at radius 1 is 1.16 bits per heavy atom. The van der Waals surface area contributed by atoms with Gasteiger partial charge in [-0.2, -0.15) is 5.10 Å². The lowest BCUT2D eigenvalue weighted by molar-refractivity contribution is -0.124. The van der Waals surface area contributed by atoms with Crippen molar-refractivity contribution in [3.63, 3.8) is 0 Å². The molecule has 25 heavy (non-hydrogen) atoms. The lowest BCUT2D eigenvalue weighted by Gasteiger charge is -2.28. The third kappa shape index (κ3) is 4.60. The van der Waals surface area contributed by atoms with Crippen LogP contribution in [0.5, 0.6) is 0 Å². The molecule has 6 nitrogen and oxygen atoms in total. The van der Waals surface area contributed by atoms with Crippen molar-refractivity contribution in [1.29, 1.82) is 0 Å². The van der Waals surface area contributed by atoms with E-state index < -0.39 is 15.8 Å². The molecular weight excluding hydrogens is 338 g/mol. The molecule has 0 radical (unpaired) electrons. The fourth-order valence-electron chi connectivity index (χ4n) is 3.36. The Hall–Kier alpha value is -1.89. The number of piperidine rings is 1. The number of amides is 1. The van der Waals surface area contributed by atoms with Crippen LogP contribution in [0, 0.1) is 5.92 Å². The maximum atomic E-state index is 12.0. The molecule has 1 N–H and O–H groups in total. The number of hydrogen-bond acceptors (Lipinski definition) is 5.